The number of carbonyl (C=O) groups excluding carboxylic acids is 1. The number of unbranched alkanes of at least 4 members (excludes halogenated alkanes) is 2. The van der Waals surface area contributed by atoms with Gasteiger partial charge in [0.05, 0.1) is 24.6 Å². The number of aryl methyl sites for hydroxylation is 1. The Morgan fingerprint density at radius 1 is 1.03 bits per heavy atom. The lowest BCUT2D eigenvalue weighted by Gasteiger charge is -2.27. The average molecular weight is 520 g/mol. The lowest BCUT2D eigenvalue weighted by Crippen LogP contribution is -2.43. The molecule has 2 aromatic carbocycles. The fraction of sp³-hybridized carbons (Fsp3) is 0.321. The summed E-state index contributed by atoms with van der Waals surface area (Å²) in [6.45, 7) is 5.17. The number of anilines is 1. The molecule has 192 valence electrons. The second-order valence-corrected chi connectivity index (χ2v) is 9.57. The Hall–Kier alpha value is -3.62. The molecule has 9 heteroatoms. The number of hydrogen-bond acceptors (Lipinski definition) is 4. The molecule has 4 aromatic rings. The van der Waals surface area contributed by atoms with Crippen LogP contribution in [0.3, 0.4) is 0 Å². The molecule has 0 atom stereocenters. The molecule has 0 bridgehead atoms. The van der Waals surface area contributed by atoms with Gasteiger partial charge >= 0.3 is 6.03 Å². The van der Waals surface area contributed by atoms with Gasteiger partial charge in [-0.3, -0.25) is 9.20 Å². The van der Waals surface area contributed by atoms with Gasteiger partial charge in [0.25, 0.3) is 5.56 Å². The number of nitrogens with zero attached hydrogens (tertiary/aromatic N) is 4. The lowest BCUT2D eigenvalue weighted by atomic mass is 10.1. The second-order valence-electron chi connectivity index (χ2n) is 9.14. The smallest absolute Gasteiger partial charge is 0.321 e. The van der Waals surface area contributed by atoms with Crippen molar-refractivity contribution in [2.45, 2.75) is 32.7 Å². The summed E-state index contributed by atoms with van der Waals surface area (Å²) in [6, 6.07) is 16.6. The van der Waals surface area contributed by atoms with Crippen LogP contribution in [-0.2, 0) is 11.3 Å². The SMILES string of the molecule is CCCCCn1c(-c2ccc(NC(=O)N3CCOCC3)cc2)cc(=O)n2cc(-c3ccc(Cl)cc3)nc12. The van der Waals surface area contributed by atoms with Crippen LogP contribution in [0.2, 0.25) is 5.02 Å². The van der Waals surface area contributed by atoms with Crippen LogP contribution in [0, 0.1) is 0 Å². The van der Waals surface area contributed by atoms with Crippen LogP contribution < -0.4 is 10.9 Å². The van der Waals surface area contributed by atoms with Gasteiger partial charge in [0, 0.05) is 48.2 Å². The van der Waals surface area contributed by atoms with Gasteiger partial charge in [-0.25, -0.2) is 9.78 Å². The first-order valence-corrected chi connectivity index (χ1v) is 13.0. The number of rotatable bonds is 7. The van der Waals surface area contributed by atoms with Crippen molar-refractivity contribution in [1.29, 1.82) is 0 Å². The summed E-state index contributed by atoms with van der Waals surface area (Å²) in [4.78, 5) is 32.3. The van der Waals surface area contributed by atoms with Gasteiger partial charge in [0.15, 0.2) is 0 Å². The first-order chi connectivity index (χ1) is 18.0. The predicted octanol–water partition coefficient (Wildman–Crippen LogP) is 5.54. The first-order valence-electron chi connectivity index (χ1n) is 12.7. The number of ether oxygens (including phenoxy) is 1. The minimum absolute atomic E-state index is 0.138. The van der Waals surface area contributed by atoms with Crippen LogP contribution >= 0.6 is 11.6 Å². The zero-order chi connectivity index (χ0) is 25.8. The third kappa shape index (κ3) is 5.55. The van der Waals surface area contributed by atoms with E-state index in [1.807, 2.05) is 48.5 Å². The van der Waals surface area contributed by atoms with Gasteiger partial charge < -0.3 is 19.5 Å². The van der Waals surface area contributed by atoms with Crippen LogP contribution in [0.15, 0.2) is 65.6 Å². The van der Waals surface area contributed by atoms with Crippen molar-refractivity contribution in [1.82, 2.24) is 18.9 Å². The number of imidazole rings is 1. The average Bonchev–Trinajstić information content (AvgIpc) is 3.37. The Bertz CT molecular complexity index is 1440. The molecular weight excluding hydrogens is 490 g/mol. The standard InChI is InChI=1S/C28H30ClN5O3/c1-2-3-4-13-33-25(21-7-11-23(12-8-21)30-28(36)32-14-16-37-17-15-32)18-26(35)34-19-24(31-27(33)34)20-5-9-22(29)10-6-20/h5-12,18-19H,2-4,13-17H2,1H3,(H,30,36). The Morgan fingerprint density at radius 3 is 2.43 bits per heavy atom. The van der Waals surface area contributed by atoms with E-state index >= 15 is 0 Å². The van der Waals surface area contributed by atoms with Crippen molar-refractivity contribution in [3.8, 4) is 22.5 Å². The van der Waals surface area contributed by atoms with E-state index in [0.717, 1.165) is 48.3 Å². The molecule has 1 aliphatic rings. The summed E-state index contributed by atoms with van der Waals surface area (Å²) in [5, 5.41) is 3.60. The molecule has 0 spiro atoms. The number of hydrogen-bond donors (Lipinski definition) is 1. The van der Waals surface area contributed by atoms with E-state index in [9.17, 15) is 9.59 Å². The Labute approximate surface area is 220 Å². The van der Waals surface area contributed by atoms with Crippen LogP contribution in [0.25, 0.3) is 28.3 Å². The molecule has 5 rings (SSSR count). The van der Waals surface area contributed by atoms with Gasteiger partial charge in [-0.1, -0.05) is 55.6 Å². The molecule has 3 heterocycles. The highest BCUT2D eigenvalue weighted by Gasteiger charge is 2.18. The molecule has 0 saturated carbocycles. The number of aromatic nitrogens is 3. The zero-order valence-electron chi connectivity index (χ0n) is 20.8. The molecule has 37 heavy (non-hydrogen) atoms. The third-order valence-corrected chi connectivity index (χ3v) is 6.82. The molecule has 0 radical (unpaired) electrons. The molecular formula is C28H30ClN5O3. The van der Waals surface area contributed by atoms with Gasteiger partial charge in [-0.05, 0) is 36.2 Å². The lowest BCUT2D eigenvalue weighted by molar-refractivity contribution is 0.0564. The Kier molecular flexibility index (Phi) is 7.58. The topological polar surface area (TPSA) is 80.9 Å². The summed E-state index contributed by atoms with van der Waals surface area (Å²) >= 11 is 6.06. The third-order valence-electron chi connectivity index (χ3n) is 6.57. The molecule has 0 unspecified atom stereocenters. The van der Waals surface area contributed by atoms with E-state index in [2.05, 4.69) is 16.8 Å². The molecule has 1 saturated heterocycles. The van der Waals surface area contributed by atoms with Gasteiger partial charge in [-0.15, -0.1) is 0 Å². The van der Waals surface area contributed by atoms with Gasteiger partial charge in [0.1, 0.15) is 0 Å². The molecule has 2 amide bonds. The van der Waals surface area contributed by atoms with Crippen molar-refractivity contribution in [3.63, 3.8) is 0 Å². The highest BCUT2D eigenvalue weighted by atomic mass is 35.5. The Morgan fingerprint density at radius 2 is 1.73 bits per heavy atom. The maximum absolute atomic E-state index is 13.2. The van der Waals surface area contributed by atoms with Crippen molar-refractivity contribution < 1.29 is 9.53 Å². The van der Waals surface area contributed by atoms with Crippen molar-refractivity contribution in [3.05, 3.63) is 76.2 Å². The number of halogens is 1. The van der Waals surface area contributed by atoms with Crippen LogP contribution in [0.1, 0.15) is 26.2 Å². The van der Waals surface area contributed by atoms with E-state index in [1.54, 1.807) is 21.6 Å². The first kappa shape index (κ1) is 25.0. The summed E-state index contributed by atoms with van der Waals surface area (Å²) in [6.07, 6.45) is 4.92. The van der Waals surface area contributed by atoms with E-state index in [-0.39, 0.29) is 11.6 Å². The maximum atomic E-state index is 13.2. The van der Waals surface area contributed by atoms with Gasteiger partial charge in [0.2, 0.25) is 5.78 Å². The summed E-state index contributed by atoms with van der Waals surface area (Å²) in [7, 11) is 0. The van der Waals surface area contributed by atoms with E-state index in [4.69, 9.17) is 21.3 Å². The number of morpholine rings is 1. The van der Waals surface area contributed by atoms with Crippen molar-refractivity contribution >= 4 is 29.1 Å². The Balaban J connectivity index is 1.49. The van der Waals surface area contributed by atoms with Crippen LogP contribution in [-0.4, -0.2) is 51.2 Å². The molecule has 8 nitrogen and oxygen atoms in total. The number of nitrogens with one attached hydrogen (secondary N) is 1. The van der Waals surface area contributed by atoms with E-state index in [1.165, 1.54) is 0 Å². The van der Waals surface area contributed by atoms with Gasteiger partial charge in [-0.2, -0.15) is 0 Å². The number of fused-ring (bicyclic) bond motifs is 1. The highest BCUT2D eigenvalue weighted by molar-refractivity contribution is 6.30. The number of benzene rings is 2. The molecule has 1 fully saturated rings. The predicted molar refractivity (Wildman–Crippen MR) is 146 cm³/mol. The number of urea groups is 1. The second kappa shape index (κ2) is 11.2. The summed E-state index contributed by atoms with van der Waals surface area (Å²) in [5.74, 6) is 0.605. The molecule has 2 aromatic heterocycles. The van der Waals surface area contributed by atoms with Crippen LogP contribution in [0.5, 0.6) is 0 Å². The van der Waals surface area contributed by atoms with E-state index in [0.29, 0.717) is 42.8 Å². The van der Waals surface area contributed by atoms with Crippen molar-refractivity contribution in [2.24, 2.45) is 0 Å². The molecule has 1 aliphatic heterocycles. The molecule has 1 N–H and O–H groups in total. The molecule has 0 aliphatic carbocycles. The number of carbonyl (C=O) groups is 1. The quantitative estimate of drug-likeness (QED) is 0.325. The normalized spacial score (nSPS) is 13.7. The maximum Gasteiger partial charge on any atom is 0.321 e. The largest absolute Gasteiger partial charge is 0.378 e. The minimum atomic E-state index is -0.144. The fourth-order valence-electron chi connectivity index (χ4n) is 4.53. The van der Waals surface area contributed by atoms with Crippen molar-refractivity contribution in [2.75, 3.05) is 31.6 Å². The van der Waals surface area contributed by atoms with Crippen LogP contribution in [0.4, 0.5) is 10.5 Å². The summed E-state index contributed by atoms with van der Waals surface area (Å²) in [5.41, 5.74) is 3.86. The summed E-state index contributed by atoms with van der Waals surface area (Å²) < 4.78 is 9.04. The highest BCUT2D eigenvalue weighted by Crippen LogP contribution is 2.26. The minimum Gasteiger partial charge on any atom is -0.378 e. The zero-order valence-corrected chi connectivity index (χ0v) is 21.6. The number of amides is 2. The fourth-order valence-corrected chi connectivity index (χ4v) is 4.65. The van der Waals surface area contributed by atoms with E-state index < -0.39 is 0 Å². The monoisotopic (exact) mass is 519 g/mol.